The molecule has 1 aromatic rings. The highest BCUT2D eigenvalue weighted by molar-refractivity contribution is 5.91. The lowest BCUT2D eigenvalue weighted by Gasteiger charge is -2.35. The summed E-state index contributed by atoms with van der Waals surface area (Å²) < 4.78 is 26.9. The third kappa shape index (κ3) is 3.54. The van der Waals surface area contributed by atoms with Crippen molar-refractivity contribution >= 4 is 11.6 Å². The molecule has 0 radical (unpaired) electrons. The van der Waals surface area contributed by atoms with Gasteiger partial charge in [0.05, 0.1) is 25.8 Å². The van der Waals surface area contributed by atoms with Crippen LogP contribution in [0.25, 0.3) is 0 Å². The summed E-state index contributed by atoms with van der Waals surface area (Å²) in [6.07, 6.45) is 4.68. The molecule has 0 bridgehead atoms. The fourth-order valence-electron chi connectivity index (χ4n) is 2.88. The summed E-state index contributed by atoms with van der Waals surface area (Å²) >= 11 is 0. The van der Waals surface area contributed by atoms with Gasteiger partial charge in [0.2, 0.25) is 0 Å². The summed E-state index contributed by atoms with van der Waals surface area (Å²) in [4.78, 5) is 12.0. The van der Waals surface area contributed by atoms with Crippen LogP contribution in [-0.2, 0) is 4.79 Å². The number of carbonyl (C=O) groups is 1. The smallest absolute Gasteiger partial charge is 0.279 e. The number of carbonyl (C=O) groups excluding carboxylic acids is 1. The van der Waals surface area contributed by atoms with E-state index in [2.05, 4.69) is 5.32 Å². The maximum absolute atomic E-state index is 13.5. The maximum Gasteiger partial charge on any atom is 0.279 e. The van der Waals surface area contributed by atoms with E-state index in [0.717, 1.165) is 25.0 Å². The van der Waals surface area contributed by atoms with Crippen LogP contribution in [0.3, 0.4) is 0 Å². The van der Waals surface area contributed by atoms with Crippen LogP contribution in [0.4, 0.5) is 14.5 Å². The molecule has 5 heteroatoms. The Bertz CT molecular complexity index is 497. The third-order valence-electron chi connectivity index (χ3n) is 4.07. The highest BCUT2D eigenvalue weighted by Gasteiger charge is 2.33. The van der Waals surface area contributed by atoms with Gasteiger partial charge < -0.3 is 9.80 Å². The van der Waals surface area contributed by atoms with Crippen LogP contribution in [0.15, 0.2) is 18.2 Å². The lowest BCUT2D eigenvalue weighted by molar-refractivity contribution is -0.906. The molecule has 0 saturated heterocycles. The largest absolute Gasteiger partial charge is 0.319 e. The molecule has 0 spiro atoms. The average Bonchev–Trinajstić information content (AvgIpc) is 2.86. The molecule has 20 heavy (non-hydrogen) atoms. The van der Waals surface area contributed by atoms with Crippen molar-refractivity contribution in [1.82, 2.24) is 0 Å². The topological polar surface area (TPSA) is 29.1 Å². The Morgan fingerprint density at radius 2 is 1.95 bits per heavy atom. The number of nitrogens with zero attached hydrogens (tertiary/aromatic N) is 1. The SMILES string of the molecule is C[N+](C)(CC(=O)Nc1ccc(F)cc1F)C1CCCC1. The zero-order valence-corrected chi connectivity index (χ0v) is 12.0. The van der Waals surface area contributed by atoms with Crippen LogP contribution in [0.5, 0.6) is 0 Å². The first-order valence-electron chi connectivity index (χ1n) is 6.96. The first-order chi connectivity index (χ1) is 9.38. The number of anilines is 1. The number of halogens is 2. The summed E-state index contributed by atoms with van der Waals surface area (Å²) in [5.74, 6) is -1.64. The molecule has 0 aromatic heterocycles. The number of amides is 1. The average molecular weight is 283 g/mol. The molecule has 0 aliphatic heterocycles. The van der Waals surface area contributed by atoms with Crippen molar-refractivity contribution < 1.29 is 18.1 Å². The van der Waals surface area contributed by atoms with Gasteiger partial charge in [-0.05, 0) is 37.8 Å². The molecule has 1 N–H and O–H groups in total. The Balaban J connectivity index is 1.98. The number of hydrogen-bond acceptors (Lipinski definition) is 1. The van der Waals surface area contributed by atoms with E-state index in [9.17, 15) is 13.6 Å². The highest BCUT2D eigenvalue weighted by Crippen LogP contribution is 2.26. The van der Waals surface area contributed by atoms with Crippen molar-refractivity contribution in [3.8, 4) is 0 Å². The van der Waals surface area contributed by atoms with Gasteiger partial charge in [0, 0.05) is 6.07 Å². The molecule has 1 amide bonds. The van der Waals surface area contributed by atoms with Gasteiger partial charge in [-0.3, -0.25) is 4.79 Å². The van der Waals surface area contributed by atoms with Crippen LogP contribution < -0.4 is 5.32 Å². The molecule has 1 aromatic carbocycles. The molecule has 110 valence electrons. The highest BCUT2D eigenvalue weighted by atomic mass is 19.1. The summed E-state index contributed by atoms with van der Waals surface area (Å²) in [6.45, 7) is 0.293. The van der Waals surface area contributed by atoms with Gasteiger partial charge in [0.15, 0.2) is 6.54 Å². The number of rotatable bonds is 4. The Kier molecular flexibility index (Phi) is 4.38. The van der Waals surface area contributed by atoms with Crippen molar-refractivity contribution in [3.63, 3.8) is 0 Å². The maximum atomic E-state index is 13.5. The van der Waals surface area contributed by atoms with Gasteiger partial charge in [-0.1, -0.05) is 0 Å². The van der Waals surface area contributed by atoms with Crippen molar-refractivity contribution in [2.75, 3.05) is 26.0 Å². The third-order valence-corrected chi connectivity index (χ3v) is 4.07. The fourth-order valence-corrected chi connectivity index (χ4v) is 2.88. The van der Waals surface area contributed by atoms with Crippen LogP contribution >= 0.6 is 0 Å². The van der Waals surface area contributed by atoms with Gasteiger partial charge in [-0.2, -0.15) is 0 Å². The predicted octanol–water partition coefficient (Wildman–Crippen LogP) is 2.92. The van der Waals surface area contributed by atoms with E-state index in [4.69, 9.17) is 0 Å². The standard InChI is InChI=1S/C15H20F2N2O/c1-19(2,12-5-3-4-6-12)10-15(20)18-14-8-7-11(16)9-13(14)17/h7-9,12H,3-6,10H2,1-2H3/p+1. The van der Waals surface area contributed by atoms with E-state index in [1.807, 2.05) is 14.1 Å². The molecule has 1 aliphatic rings. The number of hydrogen-bond donors (Lipinski definition) is 1. The first kappa shape index (κ1) is 14.9. The molecule has 1 saturated carbocycles. The number of quaternary nitrogens is 1. The summed E-state index contributed by atoms with van der Waals surface area (Å²) in [6, 6.07) is 3.64. The van der Waals surface area contributed by atoms with Gasteiger partial charge in [-0.15, -0.1) is 0 Å². The first-order valence-corrected chi connectivity index (χ1v) is 6.96. The van der Waals surface area contributed by atoms with Crippen LogP contribution in [0.1, 0.15) is 25.7 Å². The van der Waals surface area contributed by atoms with E-state index in [1.54, 1.807) is 0 Å². The molecule has 1 aliphatic carbocycles. The quantitative estimate of drug-likeness (QED) is 0.846. The molecule has 0 atom stereocenters. The van der Waals surface area contributed by atoms with Crippen molar-refractivity contribution in [3.05, 3.63) is 29.8 Å². The molecule has 0 unspecified atom stereocenters. The van der Waals surface area contributed by atoms with Crippen LogP contribution in [-0.4, -0.2) is 37.1 Å². The summed E-state index contributed by atoms with van der Waals surface area (Å²) in [5.41, 5.74) is 0.0304. The van der Waals surface area contributed by atoms with Gasteiger partial charge >= 0.3 is 0 Å². The minimum Gasteiger partial charge on any atom is -0.319 e. The van der Waals surface area contributed by atoms with Crippen molar-refractivity contribution in [1.29, 1.82) is 0 Å². The Morgan fingerprint density at radius 1 is 1.30 bits per heavy atom. The van der Waals surface area contributed by atoms with Crippen LogP contribution in [0.2, 0.25) is 0 Å². The van der Waals surface area contributed by atoms with Gasteiger partial charge in [-0.25, -0.2) is 8.78 Å². The second-order valence-corrected chi connectivity index (χ2v) is 6.05. The Morgan fingerprint density at radius 3 is 2.55 bits per heavy atom. The van der Waals surface area contributed by atoms with Gasteiger partial charge in [0.1, 0.15) is 11.6 Å². The van der Waals surface area contributed by atoms with Gasteiger partial charge in [0.25, 0.3) is 5.91 Å². The second-order valence-electron chi connectivity index (χ2n) is 6.05. The minimum atomic E-state index is -0.746. The lowest BCUT2D eigenvalue weighted by Crippen LogP contribution is -2.51. The Hall–Kier alpha value is -1.49. The van der Waals surface area contributed by atoms with E-state index in [1.165, 1.54) is 18.9 Å². The summed E-state index contributed by atoms with van der Waals surface area (Å²) in [5, 5.41) is 2.52. The predicted molar refractivity (Wildman–Crippen MR) is 74.2 cm³/mol. The number of likely N-dealkylation sites (N-methyl/N-ethyl adjacent to an activating group) is 1. The zero-order valence-electron chi connectivity index (χ0n) is 12.0. The molecule has 1 fully saturated rings. The molecular formula is C15H21F2N2O+. The van der Waals surface area contributed by atoms with Crippen molar-refractivity contribution in [2.24, 2.45) is 0 Å². The van der Waals surface area contributed by atoms with E-state index < -0.39 is 11.6 Å². The Labute approximate surface area is 118 Å². The van der Waals surface area contributed by atoms with Crippen LogP contribution in [0, 0.1) is 11.6 Å². The number of benzene rings is 1. The second kappa shape index (κ2) is 5.87. The zero-order chi connectivity index (χ0) is 14.8. The fraction of sp³-hybridized carbons (Fsp3) is 0.533. The molecule has 2 rings (SSSR count). The molecular weight excluding hydrogens is 262 g/mol. The minimum absolute atomic E-state index is 0.0304. The van der Waals surface area contributed by atoms with E-state index in [0.29, 0.717) is 17.1 Å². The molecule has 0 heterocycles. The normalized spacial score (nSPS) is 16.4. The van der Waals surface area contributed by atoms with Crippen molar-refractivity contribution in [2.45, 2.75) is 31.7 Å². The number of nitrogens with one attached hydrogen (secondary N) is 1. The summed E-state index contributed by atoms with van der Waals surface area (Å²) in [7, 11) is 4.05. The lowest BCUT2D eigenvalue weighted by atomic mass is 10.2. The monoisotopic (exact) mass is 283 g/mol. The van der Waals surface area contributed by atoms with E-state index in [-0.39, 0.29) is 11.6 Å². The molecule has 3 nitrogen and oxygen atoms in total. The van der Waals surface area contributed by atoms with E-state index >= 15 is 0 Å².